The van der Waals surface area contributed by atoms with Gasteiger partial charge in [0.2, 0.25) is 10.0 Å². The van der Waals surface area contributed by atoms with Crippen LogP contribution in [0.15, 0.2) is 29.3 Å². The quantitative estimate of drug-likeness (QED) is 0.645. The van der Waals surface area contributed by atoms with Crippen LogP contribution in [-0.4, -0.2) is 60.9 Å². The van der Waals surface area contributed by atoms with Gasteiger partial charge in [-0.1, -0.05) is 12.8 Å². The molecule has 0 bridgehead atoms. The topological polar surface area (TPSA) is 81.1 Å². The van der Waals surface area contributed by atoms with Crippen molar-refractivity contribution < 1.29 is 22.7 Å². The molecule has 4 heterocycles. The highest BCUT2D eigenvalue weighted by atomic mass is 32.2. The first-order chi connectivity index (χ1) is 16.8. The van der Waals surface area contributed by atoms with Crippen molar-refractivity contribution in [1.82, 2.24) is 13.8 Å². The zero-order valence-electron chi connectivity index (χ0n) is 20.5. The van der Waals surface area contributed by atoms with E-state index in [1.807, 2.05) is 4.90 Å². The molecule has 1 atom stereocenters. The smallest absolute Gasteiger partial charge is 0.271 e. The van der Waals surface area contributed by atoms with Crippen LogP contribution in [0.25, 0.3) is 0 Å². The van der Waals surface area contributed by atoms with E-state index in [4.69, 9.17) is 9.47 Å². The lowest BCUT2D eigenvalue weighted by atomic mass is 9.71. The SMILES string of the molecule is CC1c2cc3c(cc2C2(CCCC2)CN1C(=O)c1cc(S(=O)(=O)N2CCCC2)cn1C)OCCO3. The Morgan fingerprint density at radius 2 is 1.66 bits per heavy atom. The number of carbonyl (C=O) groups is 1. The van der Waals surface area contributed by atoms with Crippen molar-refractivity contribution in [2.75, 3.05) is 32.8 Å². The molecule has 1 aromatic heterocycles. The number of fused-ring (bicyclic) bond motifs is 3. The number of amides is 1. The molecular formula is C26H33N3O5S. The summed E-state index contributed by atoms with van der Waals surface area (Å²) in [5.74, 6) is 1.41. The van der Waals surface area contributed by atoms with Gasteiger partial charge in [-0.3, -0.25) is 4.79 Å². The highest BCUT2D eigenvalue weighted by Gasteiger charge is 2.47. The predicted octanol–water partition coefficient (Wildman–Crippen LogP) is 3.61. The van der Waals surface area contributed by atoms with Gasteiger partial charge in [0.05, 0.1) is 6.04 Å². The van der Waals surface area contributed by atoms with Crippen LogP contribution in [0.1, 0.15) is 73.1 Å². The van der Waals surface area contributed by atoms with E-state index in [9.17, 15) is 13.2 Å². The zero-order chi connectivity index (χ0) is 24.4. The molecule has 0 radical (unpaired) electrons. The summed E-state index contributed by atoms with van der Waals surface area (Å²) < 4.78 is 41.2. The number of hydrogen-bond acceptors (Lipinski definition) is 5. The Kier molecular flexibility index (Phi) is 5.41. The molecule has 1 unspecified atom stereocenters. The number of benzene rings is 1. The summed E-state index contributed by atoms with van der Waals surface area (Å²) in [5, 5.41) is 0. The second kappa shape index (κ2) is 8.27. The average Bonchev–Trinajstić information content (AvgIpc) is 3.62. The largest absolute Gasteiger partial charge is 0.486 e. The van der Waals surface area contributed by atoms with Crippen LogP contribution in [0.2, 0.25) is 0 Å². The standard InChI is InChI=1S/C26H33N3O5S/c1-18-20-14-23-24(34-12-11-33-23)15-21(20)26(7-3-4-8-26)17-29(18)25(30)22-13-19(16-27(22)2)35(31,32)28-9-5-6-10-28/h13-16,18H,3-12,17H2,1-2H3. The molecule has 4 aliphatic rings. The number of rotatable bonds is 3. The maximum absolute atomic E-state index is 14.0. The van der Waals surface area contributed by atoms with Crippen LogP contribution in [0.3, 0.4) is 0 Å². The number of ether oxygens (including phenoxy) is 2. The van der Waals surface area contributed by atoms with Gasteiger partial charge in [-0.2, -0.15) is 4.31 Å². The molecule has 188 valence electrons. The van der Waals surface area contributed by atoms with Gasteiger partial charge in [-0.05, 0) is 61.9 Å². The van der Waals surface area contributed by atoms with Gasteiger partial charge >= 0.3 is 0 Å². The molecule has 6 rings (SSSR count). The van der Waals surface area contributed by atoms with Gasteiger partial charge in [0.25, 0.3) is 5.91 Å². The fourth-order valence-corrected chi connectivity index (χ4v) is 8.05. The minimum Gasteiger partial charge on any atom is -0.486 e. The summed E-state index contributed by atoms with van der Waals surface area (Å²) in [5.41, 5.74) is 2.68. The summed E-state index contributed by atoms with van der Waals surface area (Å²) in [4.78, 5) is 16.1. The summed E-state index contributed by atoms with van der Waals surface area (Å²) in [6, 6.07) is 5.61. The number of aryl methyl sites for hydroxylation is 1. The van der Waals surface area contributed by atoms with E-state index in [1.165, 1.54) is 9.87 Å². The third kappa shape index (κ3) is 3.57. The molecular weight excluding hydrogens is 466 g/mol. The van der Waals surface area contributed by atoms with Crippen molar-refractivity contribution in [2.45, 2.75) is 61.8 Å². The van der Waals surface area contributed by atoms with E-state index < -0.39 is 10.0 Å². The third-order valence-electron chi connectivity index (χ3n) is 8.40. The Balaban J connectivity index is 1.38. The number of aromatic nitrogens is 1. The lowest BCUT2D eigenvalue weighted by Gasteiger charge is -2.46. The monoisotopic (exact) mass is 499 g/mol. The van der Waals surface area contributed by atoms with E-state index in [0.29, 0.717) is 38.5 Å². The van der Waals surface area contributed by atoms with Crippen molar-refractivity contribution in [3.8, 4) is 11.5 Å². The summed E-state index contributed by atoms with van der Waals surface area (Å²) in [7, 11) is -1.83. The Labute approximate surface area is 206 Å². The maximum Gasteiger partial charge on any atom is 0.271 e. The molecule has 2 fully saturated rings. The molecule has 1 aromatic carbocycles. The Morgan fingerprint density at radius 3 is 2.34 bits per heavy atom. The van der Waals surface area contributed by atoms with Gasteiger partial charge in [-0.15, -0.1) is 0 Å². The number of sulfonamides is 1. The van der Waals surface area contributed by atoms with Crippen molar-refractivity contribution in [2.24, 2.45) is 7.05 Å². The van der Waals surface area contributed by atoms with E-state index in [0.717, 1.165) is 55.6 Å². The summed E-state index contributed by atoms with van der Waals surface area (Å²) >= 11 is 0. The first-order valence-corrected chi connectivity index (χ1v) is 14.2. The Bertz CT molecular complexity index is 1270. The lowest BCUT2D eigenvalue weighted by Crippen LogP contribution is -2.49. The molecule has 0 N–H and O–H groups in total. The van der Waals surface area contributed by atoms with Crippen molar-refractivity contribution >= 4 is 15.9 Å². The van der Waals surface area contributed by atoms with Crippen molar-refractivity contribution in [3.05, 3.63) is 41.2 Å². The minimum absolute atomic E-state index is 0.108. The predicted molar refractivity (Wildman–Crippen MR) is 130 cm³/mol. The molecule has 1 amide bonds. The van der Waals surface area contributed by atoms with Gasteiger partial charge < -0.3 is 18.9 Å². The van der Waals surface area contributed by atoms with Crippen LogP contribution in [-0.2, 0) is 22.5 Å². The van der Waals surface area contributed by atoms with Crippen LogP contribution in [0, 0.1) is 0 Å². The molecule has 9 heteroatoms. The maximum atomic E-state index is 14.0. The average molecular weight is 500 g/mol. The molecule has 8 nitrogen and oxygen atoms in total. The lowest BCUT2D eigenvalue weighted by molar-refractivity contribution is 0.0583. The van der Waals surface area contributed by atoms with Crippen LogP contribution >= 0.6 is 0 Å². The van der Waals surface area contributed by atoms with Gasteiger partial charge in [-0.25, -0.2) is 8.42 Å². The highest BCUT2D eigenvalue weighted by Crippen LogP contribution is 2.52. The molecule has 1 saturated carbocycles. The van der Waals surface area contributed by atoms with Gasteiger partial charge in [0.15, 0.2) is 11.5 Å². The van der Waals surface area contributed by atoms with Crippen molar-refractivity contribution in [1.29, 1.82) is 0 Å². The molecule has 3 aliphatic heterocycles. The molecule has 2 aromatic rings. The van der Waals surface area contributed by atoms with Crippen LogP contribution in [0.4, 0.5) is 0 Å². The number of carbonyl (C=O) groups excluding carboxylic acids is 1. The van der Waals surface area contributed by atoms with E-state index >= 15 is 0 Å². The summed E-state index contributed by atoms with van der Waals surface area (Å²) in [6.45, 7) is 4.83. The minimum atomic E-state index is -3.59. The summed E-state index contributed by atoms with van der Waals surface area (Å²) in [6.07, 6.45) is 7.65. The molecule has 35 heavy (non-hydrogen) atoms. The van der Waals surface area contributed by atoms with Gasteiger partial charge in [0.1, 0.15) is 23.8 Å². The first-order valence-electron chi connectivity index (χ1n) is 12.7. The second-order valence-electron chi connectivity index (χ2n) is 10.5. The van der Waals surface area contributed by atoms with E-state index in [1.54, 1.807) is 23.9 Å². The highest BCUT2D eigenvalue weighted by molar-refractivity contribution is 7.89. The van der Waals surface area contributed by atoms with Crippen molar-refractivity contribution in [3.63, 3.8) is 0 Å². The van der Waals surface area contributed by atoms with E-state index in [-0.39, 0.29) is 22.3 Å². The first kappa shape index (κ1) is 22.9. The van der Waals surface area contributed by atoms with E-state index in [2.05, 4.69) is 19.1 Å². The number of hydrogen-bond donors (Lipinski definition) is 0. The fourth-order valence-electron chi connectivity index (χ4n) is 6.47. The Hall–Kier alpha value is -2.52. The fraction of sp³-hybridized carbons (Fsp3) is 0.577. The van der Waals surface area contributed by atoms with Gasteiger partial charge in [0, 0.05) is 38.3 Å². The van der Waals surface area contributed by atoms with Crippen LogP contribution in [0.5, 0.6) is 11.5 Å². The molecule has 1 aliphatic carbocycles. The molecule has 1 saturated heterocycles. The normalized spacial score (nSPS) is 23.6. The van der Waals surface area contributed by atoms with Crippen LogP contribution < -0.4 is 9.47 Å². The zero-order valence-corrected chi connectivity index (χ0v) is 21.3. The molecule has 1 spiro atoms. The Morgan fingerprint density at radius 1 is 1.00 bits per heavy atom. The number of nitrogens with zero attached hydrogens (tertiary/aromatic N) is 3. The third-order valence-corrected chi connectivity index (χ3v) is 10.3. The second-order valence-corrected chi connectivity index (χ2v) is 12.4.